The highest BCUT2D eigenvalue weighted by Crippen LogP contribution is 2.23. The molecular formula is C12H7BrCl2O3. The van der Waals surface area contributed by atoms with E-state index in [0.29, 0.717) is 14.7 Å². The van der Waals surface area contributed by atoms with Gasteiger partial charge in [-0.3, -0.25) is 0 Å². The van der Waals surface area contributed by atoms with Gasteiger partial charge in [0.15, 0.2) is 4.67 Å². The number of rotatable bonds is 3. The largest absolute Gasteiger partial charge is 0.455 e. The van der Waals surface area contributed by atoms with Gasteiger partial charge in [-0.25, -0.2) is 4.79 Å². The third kappa shape index (κ3) is 3.28. The molecule has 0 bridgehead atoms. The Hall–Kier alpha value is -0.970. The van der Waals surface area contributed by atoms with Crippen LogP contribution >= 0.6 is 39.1 Å². The average molecular weight is 350 g/mol. The molecule has 0 saturated heterocycles. The van der Waals surface area contributed by atoms with Crippen LogP contribution in [-0.4, -0.2) is 5.97 Å². The standard InChI is InChI=1S/C12H7BrCl2O3/c13-11-4-3-10(18-11)12(16)17-6-7-1-2-8(14)9(15)5-7/h1-5H,6H2. The van der Waals surface area contributed by atoms with Crippen LogP contribution in [0.1, 0.15) is 16.1 Å². The summed E-state index contributed by atoms with van der Waals surface area (Å²) in [6.07, 6.45) is 0. The Morgan fingerprint density at radius 3 is 2.61 bits per heavy atom. The summed E-state index contributed by atoms with van der Waals surface area (Å²) in [6.45, 7) is 0.105. The van der Waals surface area contributed by atoms with Crippen molar-refractivity contribution in [3.63, 3.8) is 0 Å². The van der Waals surface area contributed by atoms with Crippen molar-refractivity contribution in [2.24, 2.45) is 0 Å². The third-order valence-electron chi connectivity index (χ3n) is 2.13. The van der Waals surface area contributed by atoms with Gasteiger partial charge in [0.2, 0.25) is 5.76 Å². The topological polar surface area (TPSA) is 39.4 Å². The lowest BCUT2D eigenvalue weighted by atomic mass is 10.2. The van der Waals surface area contributed by atoms with Crippen molar-refractivity contribution in [1.82, 2.24) is 0 Å². The van der Waals surface area contributed by atoms with E-state index >= 15 is 0 Å². The third-order valence-corrected chi connectivity index (χ3v) is 3.29. The molecule has 0 fully saturated rings. The summed E-state index contributed by atoms with van der Waals surface area (Å²) < 4.78 is 10.6. The molecule has 0 aliphatic rings. The van der Waals surface area contributed by atoms with Crippen LogP contribution in [0.5, 0.6) is 0 Å². The number of ether oxygens (including phenoxy) is 1. The van der Waals surface area contributed by atoms with E-state index in [1.807, 2.05) is 0 Å². The number of hydrogen-bond donors (Lipinski definition) is 0. The van der Waals surface area contributed by atoms with Crippen molar-refractivity contribution in [2.75, 3.05) is 0 Å². The number of carbonyl (C=O) groups is 1. The summed E-state index contributed by atoms with van der Waals surface area (Å²) in [6, 6.07) is 8.18. The van der Waals surface area contributed by atoms with Crippen molar-refractivity contribution < 1.29 is 13.9 Å². The van der Waals surface area contributed by atoms with Crippen LogP contribution < -0.4 is 0 Å². The first-order valence-electron chi connectivity index (χ1n) is 4.92. The van der Waals surface area contributed by atoms with Gasteiger partial charge in [0.05, 0.1) is 10.0 Å². The highest BCUT2D eigenvalue weighted by Gasteiger charge is 2.12. The second-order valence-corrected chi connectivity index (χ2v) is 5.02. The number of carbonyl (C=O) groups excluding carboxylic acids is 1. The van der Waals surface area contributed by atoms with Gasteiger partial charge in [-0.2, -0.15) is 0 Å². The fraction of sp³-hybridized carbons (Fsp3) is 0.0833. The van der Waals surface area contributed by atoms with E-state index < -0.39 is 5.97 Å². The van der Waals surface area contributed by atoms with Crippen LogP contribution in [0.2, 0.25) is 10.0 Å². The molecule has 1 heterocycles. The van der Waals surface area contributed by atoms with E-state index in [-0.39, 0.29) is 12.4 Å². The van der Waals surface area contributed by atoms with E-state index in [4.69, 9.17) is 32.4 Å². The fourth-order valence-corrected chi connectivity index (χ4v) is 1.90. The van der Waals surface area contributed by atoms with Crippen LogP contribution in [0.4, 0.5) is 0 Å². The first kappa shape index (κ1) is 13.5. The zero-order chi connectivity index (χ0) is 13.1. The molecule has 0 N–H and O–H groups in total. The normalized spacial score (nSPS) is 10.4. The molecule has 18 heavy (non-hydrogen) atoms. The molecular weight excluding hydrogens is 343 g/mol. The zero-order valence-corrected chi connectivity index (χ0v) is 12.1. The first-order chi connectivity index (χ1) is 8.56. The molecule has 0 radical (unpaired) electrons. The van der Waals surface area contributed by atoms with Gasteiger partial charge in [-0.1, -0.05) is 29.3 Å². The molecule has 94 valence electrons. The number of benzene rings is 1. The summed E-state index contributed by atoms with van der Waals surface area (Å²) in [5, 5.41) is 0.882. The lowest BCUT2D eigenvalue weighted by molar-refractivity contribution is 0.0434. The molecule has 0 spiro atoms. The van der Waals surface area contributed by atoms with E-state index in [1.54, 1.807) is 24.3 Å². The van der Waals surface area contributed by atoms with Gasteiger partial charge in [0.1, 0.15) is 6.61 Å². The molecule has 3 nitrogen and oxygen atoms in total. The van der Waals surface area contributed by atoms with E-state index in [1.165, 1.54) is 6.07 Å². The lowest BCUT2D eigenvalue weighted by Crippen LogP contribution is -2.03. The second-order valence-electron chi connectivity index (χ2n) is 3.43. The van der Waals surface area contributed by atoms with Crippen LogP contribution in [0.15, 0.2) is 39.4 Å². The van der Waals surface area contributed by atoms with E-state index in [2.05, 4.69) is 15.9 Å². The average Bonchev–Trinajstić information content (AvgIpc) is 2.77. The predicted octanol–water partition coefficient (Wildman–Crippen LogP) is 4.71. The van der Waals surface area contributed by atoms with Gasteiger partial charge < -0.3 is 9.15 Å². The minimum atomic E-state index is -0.535. The minimum absolute atomic E-state index is 0.105. The van der Waals surface area contributed by atoms with Crippen LogP contribution in [0, 0.1) is 0 Å². The van der Waals surface area contributed by atoms with Gasteiger partial charge >= 0.3 is 5.97 Å². The van der Waals surface area contributed by atoms with Gasteiger partial charge in [0.25, 0.3) is 0 Å². The summed E-state index contributed by atoms with van der Waals surface area (Å²) in [4.78, 5) is 11.6. The fourth-order valence-electron chi connectivity index (χ4n) is 1.27. The van der Waals surface area contributed by atoms with Gasteiger partial charge in [-0.15, -0.1) is 0 Å². The van der Waals surface area contributed by atoms with Gasteiger partial charge in [-0.05, 0) is 45.8 Å². The maximum absolute atomic E-state index is 11.6. The maximum Gasteiger partial charge on any atom is 0.374 e. The molecule has 2 rings (SSSR count). The number of halogens is 3. The van der Waals surface area contributed by atoms with Crippen LogP contribution in [0.25, 0.3) is 0 Å². The molecule has 2 aromatic rings. The Bertz CT molecular complexity index is 580. The molecule has 1 aromatic heterocycles. The summed E-state index contributed by atoms with van der Waals surface area (Å²) >= 11 is 14.7. The van der Waals surface area contributed by atoms with Crippen molar-refractivity contribution >= 4 is 45.1 Å². The molecule has 0 amide bonds. The Labute approximate surface area is 122 Å². The highest BCUT2D eigenvalue weighted by molar-refractivity contribution is 9.10. The Balaban J connectivity index is 1.99. The van der Waals surface area contributed by atoms with Crippen molar-refractivity contribution in [3.05, 3.63) is 56.4 Å². The van der Waals surface area contributed by atoms with Gasteiger partial charge in [0, 0.05) is 0 Å². The highest BCUT2D eigenvalue weighted by atomic mass is 79.9. The quantitative estimate of drug-likeness (QED) is 0.753. The van der Waals surface area contributed by atoms with Crippen LogP contribution in [0.3, 0.4) is 0 Å². The summed E-state index contributed by atoms with van der Waals surface area (Å²) in [5.41, 5.74) is 0.753. The van der Waals surface area contributed by atoms with E-state index in [0.717, 1.165) is 5.56 Å². The molecule has 0 aliphatic carbocycles. The Morgan fingerprint density at radius 1 is 1.22 bits per heavy atom. The Kier molecular flexibility index (Phi) is 4.32. The summed E-state index contributed by atoms with van der Waals surface area (Å²) in [5.74, 6) is -0.395. The monoisotopic (exact) mass is 348 g/mol. The molecule has 6 heteroatoms. The SMILES string of the molecule is O=C(OCc1ccc(Cl)c(Cl)c1)c1ccc(Br)o1. The molecule has 0 unspecified atom stereocenters. The van der Waals surface area contributed by atoms with Crippen molar-refractivity contribution in [2.45, 2.75) is 6.61 Å². The van der Waals surface area contributed by atoms with Crippen LogP contribution in [-0.2, 0) is 11.3 Å². The zero-order valence-electron chi connectivity index (χ0n) is 8.95. The second kappa shape index (κ2) is 5.78. The number of furan rings is 1. The smallest absolute Gasteiger partial charge is 0.374 e. The first-order valence-corrected chi connectivity index (χ1v) is 6.47. The molecule has 0 saturated carbocycles. The Morgan fingerprint density at radius 2 is 2.00 bits per heavy atom. The number of esters is 1. The van der Waals surface area contributed by atoms with Crippen molar-refractivity contribution in [1.29, 1.82) is 0 Å². The maximum atomic E-state index is 11.6. The summed E-state index contributed by atoms with van der Waals surface area (Å²) in [7, 11) is 0. The number of hydrogen-bond acceptors (Lipinski definition) is 3. The van der Waals surface area contributed by atoms with Crippen molar-refractivity contribution in [3.8, 4) is 0 Å². The van der Waals surface area contributed by atoms with E-state index in [9.17, 15) is 4.79 Å². The molecule has 0 aliphatic heterocycles. The lowest BCUT2D eigenvalue weighted by Gasteiger charge is -2.04. The molecule has 0 atom stereocenters. The predicted molar refractivity (Wildman–Crippen MR) is 72.0 cm³/mol. The minimum Gasteiger partial charge on any atom is -0.455 e. The molecule has 1 aromatic carbocycles.